The van der Waals surface area contributed by atoms with Gasteiger partial charge in [-0.1, -0.05) is 6.92 Å². The SMILES string of the molecule is CCC(C)ON(CC)c1ccc(N)c(C)c1. The van der Waals surface area contributed by atoms with Crippen LogP contribution in [0.3, 0.4) is 0 Å². The first-order valence-electron chi connectivity index (χ1n) is 5.88. The second-order valence-electron chi connectivity index (χ2n) is 4.06. The Morgan fingerprint density at radius 2 is 2.06 bits per heavy atom. The van der Waals surface area contributed by atoms with Crippen molar-refractivity contribution in [2.24, 2.45) is 0 Å². The number of nitrogen functional groups attached to an aromatic ring is 1. The van der Waals surface area contributed by atoms with Crippen LogP contribution in [-0.2, 0) is 4.84 Å². The summed E-state index contributed by atoms with van der Waals surface area (Å²) in [5.41, 5.74) is 8.77. The highest BCUT2D eigenvalue weighted by Crippen LogP contribution is 2.21. The Morgan fingerprint density at radius 3 is 2.56 bits per heavy atom. The Labute approximate surface area is 98.2 Å². The van der Waals surface area contributed by atoms with E-state index >= 15 is 0 Å². The van der Waals surface area contributed by atoms with Gasteiger partial charge in [-0.2, -0.15) is 0 Å². The maximum absolute atomic E-state index is 5.82. The first-order chi connectivity index (χ1) is 7.58. The summed E-state index contributed by atoms with van der Waals surface area (Å²) in [5, 5.41) is 1.92. The highest BCUT2D eigenvalue weighted by molar-refractivity contribution is 5.56. The van der Waals surface area contributed by atoms with E-state index in [1.807, 2.05) is 24.1 Å². The number of hydrogen-bond acceptors (Lipinski definition) is 3. The van der Waals surface area contributed by atoms with Gasteiger partial charge in [-0.05, 0) is 51.0 Å². The predicted molar refractivity (Wildman–Crippen MR) is 69.4 cm³/mol. The average molecular weight is 222 g/mol. The second-order valence-corrected chi connectivity index (χ2v) is 4.06. The number of benzene rings is 1. The molecule has 3 nitrogen and oxygen atoms in total. The third kappa shape index (κ3) is 3.14. The summed E-state index contributed by atoms with van der Waals surface area (Å²) in [6, 6.07) is 5.97. The molecule has 0 heterocycles. The van der Waals surface area contributed by atoms with Crippen molar-refractivity contribution in [3.63, 3.8) is 0 Å². The van der Waals surface area contributed by atoms with Crippen LogP contribution >= 0.6 is 0 Å². The topological polar surface area (TPSA) is 38.5 Å². The van der Waals surface area contributed by atoms with Gasteiger partial charge < -0.3 is 5.73 Å². The van der Waals surface area contributed by atoms with Crippen LogP contribution in [0.1, 0.15) is 32.8 Å². The van der Waals surface area contributed by atoms with Crippen LogP contribution < -0.4 is 10.8 Å². The van der Waals surface area contributed by atoms with Gasteiger partial charge in [-0.15, -0.1) is 0 Å². The van der Waals surface area contributed by atoms with Gasteiger partial charge in [0.2, 0.25) is 0 Å². The number of aryl methyl sites for hydroxylation is 1. The quantitative estimate of drug-likeness (QED) is 0.614. The van der Waals surface area contributed by atoms with E-state index < -0.39 is 0 Å². The van der Waals surface area contributed by atoms with Crippen molar-refractivity contribution >= 4 is 11.4 Å². The van der Waals surface area contributed by atoms with Gasteiger partial charge in [0.05, 0.1) is 11.8 Å². The van der Waals surface area contributed by atoms with Crippen LogP contribution in [0.5, 0.6) is 0 Å². The van der Waals surface area contributed by atoms with E-state index in [1.165, 1.54) is 0 Å². The highest BCUT2D eigenvalue weighted by Gasteiger charge is 2.09. The van der Waals surface area contributed by atoms with Crippen LogP contribution in [0.2, 0.25) is 0 Å². The number of rotatable bonds is 5. The summed E-state index contributed by atoms with van der Waals surface area (Å²) >= 11 is 0. The second kappa shape index (κ2) is 5.75. The van der Waals surface area contributed by atoms with Crippen LogP contribution in [0.4, 0.5) is 11.4 Å². The molecule has 1 aromatic carbocycles. The molecule has 0 amide bonds. The molecule has 3 heteroatoms. The molecule has 2 N–H and O–H groups in total. The van der Waals surface area contributed by atoms with Crippen molar-refractivity contribution in [2.75, 3.05) is 17.3 Å². The Morgan fingerprint density at radius 1 is 1.38 bits per heavy atom. The normalized spacial score (nSPS) is 12.5. The van der Waals surface area contributed by atoms with Gasteiger partial charge in [-0.3, -0.25) is 9.90 Å². The maximum Gasteiger partial charge on any atom is 0.0826 e. The minimum Gasteiger partial charge on any atom is -0.399 e. The third-order valence-corrected chi connectivity index (χ3v) is 2.71. The fourth-order valence-electron chi connectivity index (χ4n) is 1.42. The van der Waals surface area contributed by atoms with Gasteiger partial charge in [0.25, 0.3) is 0 Å². The summed E-state index contributed by atoms with van der Waals surface area (Å²) in [4.78, 5) is 5.82. The van der Waals surface area contributed by atoms with Crippen molar-refractivity contribution in [3.8, 4) is 0 Å². The Kier molecular flexibility index (Phi) is 4.62. The summed E-state index contributed by atoms with van der Waals surface area (Å²) < 4.78 is 0. The molecule has 0 fully saturated rings. The molecule has 0 radical (unpaired) electrons. The molecule has 90 valence electrons. The molecule has 1 atom stereocenters. The minimum absolute atomic E-state index is 0.234. The lowest BCUT2D eigenvalue weighted by molar-refractivity contribution is 0.0440. The van der Waals surface area contributed by atoms with Crippen molar-refractivity contribution in [2.45, 2.75) is 40.2 Å². The molecule has 0 spiro atoms. The Hall–Kier alpha value is -1.22. The monoisotopic (exact) mass is 222 g/mol. The molecule has 0 bridgehead atoms. The van der Waals surface area contributed by atoms with Gasteiger partial charge in [0.15, 0.2) is 0 Å². The zero-order chi connectivity index (χ0) is 12.1. The van der Waals surface area contributed by atoms with E-state index in [0.717, 1.165) is 29.9 Å². The van der Waals surface area contributed by atoms with Crippen molar-refractivity contribution in [1.82, 2.24) is 0 Å². The number of nitrogens with two attached hydrogens (primary N) is 1. The lowest BCUT2D eigenvalue weighted by atomic mass is 10.2. The molecule has 16 heavy (non-hydrogen) atoms. The minimum atomic E-state index is 0.234. The number of anilines is 2. The first-order valence-corrected chi connectivity index (χ1v) is 5.88. The molecule has 0 saturated heterocycles. The molecule has 1 aromatic rings. The summed E-state index contributed by atoms with van der Waals surface area (Å²) in [7, 11) is 0. The van der Waals surface area contributed by atoms with E-state index in [4.69, 9.17) is 10.6 Å². The molecule has 0 aliphatic carbocycles. The molecule has 1 rings (SSSR count). The fraction of sp³-hybridized carbons (Fsp3) is 0.538. The molecule has 0 saturated carbocycles. The van der Waals surface area contributed by atoms with Gasteiger partial charge >= 0.3 is 0 Å². The standard InChI is InChI=1S/C13H22N2O/c1-5-11(4)16-15(6-2)12-7-8-13(14)10(3)9-12/h7-9,11H,5-6,14H2,1-4H3. The molecular formula is C13H22N2O. The number of hydroxylamine groups is 1. The zero-order valence-corrected chi connectivity index (χ0v) is 10.7. The zero-order valence-electron chi connectivity index (χ0n) is 10.7. The van der Waals surface area contributed by atoms with Crippen LogP contribution in [0, 0.1) is 6.92 Å². The van der Waals surface area contributed by atoms with E-state index in [9.17, 15) is 0 Å². The summed E-state index contributed by atoms with van der Waals surface area (Å²) in [6.07, 6.45) is 1.24. The Bertz CT molecular complexity index is 339. The molecule has 1 unspecified atom stereocenters. The summed E-state index contributed by atoms with van der Waals surface area (Å²) in [6.45, 7) is 9.11. The van der Waals surface area contributed by atoms with E-state index in [2.05, 4.69) is 26.8 Å². The number of nitrogens with zero attached hydrogens (tertiary/aromatic N) is 1. The lowest BCUT2D eigenvalue weighted by Crippen LogP contribution is -2.27. The molecule has 0 aromatic heterocycles. The predicted octanol–water partition coefficient (Wildman–Crippen LogP) is 3.13. The highest BCUT2D eigenvalue weighted by atomic mass is 16.7. The molecule has 0 aliphatic rings. The van der Waals surface area contributed by atoms with Crippen LogP contribution in [0.25, 0.3) is 0 Å². The van der Waals surface area contributed by atoms with Crippen molar-refractivity contribution in [1.29, 1.82) is 0 Å². The van der Waals surface area contributed by atoms with E-state index in [-0.39, 0.29) is 6.10 Å². The van der Waals surface area contributed by atoms with Crippen molar-refractivity contribution < 1.29 is 4.84 Å². The lowest BCUT2D eigenvalue weighted by Gasteiger charge is -2.26. The van der Waals surface area contributed by atoms with Gasteiger partial charge in [0.1, 0.15) is 0 Å². The summed E-state index contributed by atoms with van der Waals surface area (Å²) in [5.74, 6) is 0. The maximum atomic E-state index is 5.82. The molecular weight excluding hydrogens is 200 g/mol. The fourth-order valence-corrected chi connectivity index (χ4v) is 1.42. The van der Waals surface area contributed by atoms with E-state index in [0.29, 0.717) is 0 Å². The molecule has 0 aliphatic heterocycles. The average Bonchev–Trinajstić information content (AvgIpc) is 2.29. The smallest absolute Gasteiger partial charge is 0.0826 e. The van der Waals surface area contributed by atoms with Gasteiger partial charge in [0, 0.05) is 12.2 Å². The largest absolute Gasteiger partial charge is 0.399 e. The Balaban J connectivity index is 2.82. The number of hydrogen-bond donors (Lipinski definition) is 1. The third-order valence-electron chi connectivity index (χ3n) is 2.71. The van der Waals surface area contributed by atoms with Crippen LogP contribution in [-0.4, -0.2) is 12.6 Å². The van der Waals surface area contributed by atoms with E-state index in [1.54, 1.807) is 0 Å². The first kappa shape index (κ1) is 12.8. The van der Waals surface area contributed by atoms with Crippen LogP contribution in [0.15, 0.2) is 18.2 Å². The van der Waals surface area contributed by atoms with Gasteiger partial charge in [-0.25, -0.2) is 0 Å². The van der Waals surface area contributed by atoms with Crippen molar-refractivity contribution in [3.05, 3.63) is 23.8 Å².